The first kappa shape index (κ1) is 25.5. The fourth-order valence-corrected chi connectivity index (χ4v) is 8.12. The zero-order valence-corrected chi connectivity index (χ0v) is 20.5. The molecule has 0 amide bonds. The molecule has 36 heavy (non-hydrogen) atoms. The summed E-state index contributed by atoms with van der Waals surface area (Å²) < 4.78 is 49.9. The van der Waals surface area contributed by atoms with Gasteiger partial charge in [0.1, 0.15) is 6.17 Å². The molecule has 0 spiro atoms. The quantitative estimate of drug-likeness (QED) is 0.540. The number of rotatable bonds is 5. The van der Waals surface area contributed by atoms with Crippen LogP contribution in [0.3, 0.4) is 0 Å². The van der Waals surface area contributed by atoms with Crippen LogP contribution in [0, 0.1) is 22.7 Å². The van der Waals surface area contributed by atoms with Crippen LogP contribution in [0.2, 0.25) is 0 Å². The lowest BCUT2D eigenvalue weighted by Crippen LogP contribution is -2.71. The normalized spacial score (nSPS) is 48.9. The number of allylic oxidation sites excluding steroid dienone is 4. The fourth-order valence-electron chi connectivity index (χ4n) is 8.12. The van der Waals surface area contributed by atoms with Gasteiger partial charge in [-0.15, -0.1) is 0 Å². The van der Waals surface area contributed by atoms with Gasteiger partial charge in [0.15, 0.2) is 29.9 Å². The van der Waals surface area contributed by atoms with Gasteiger partial charge in [-0.05, 0) is 56.3 Å². The molecule has 10 heteroatoms. The Balaban J connectivity index is 1.59. The van der Waals surface area contributed by atoms with Crippen molar-refractivity contribution in [2.75, 3.05) is 6.61 Å². The molecule has 5 aliphatic rings. The lowest BCUT2D eigenvalue weighted by Gasteiger charge is -2.63. The van der Waals surface area contributed by atoms with Gasteiger partial charge in [0.05, 0.1) is 12.2 Å². The summed E-state index contributed by atoms with van der Waals surface area (Å²) in [4.78, 5) is 36.6. The Hall–Kier alpha value is -2.17. The van der Waals surface area contributed by atoms with E-state index in [1.165, 1.54) is 19.1 Å². The molecule has 2 unspecified atom stereocenters. The molecule has 4 aliphatic carbocycles. The number of Topliss-reactive ketones (excluding diaryl/α,β-unsaturated/α-hetero) is 1. The molecule has 1 saturated heterocycles. The lowest BCUT2D eigenvalue weighted by molar-refractivity contribution is -0.234. The summed E-state index contributed by atoms with van der Waals surface area (Å²) in [5, 5.41) is 20.4. The third kappa shape index (κ3) is 3.04. The first-order valence-electron chi connectivity index (χ1n) is 12.5. The maximum atomic E-state index is 17.3. The van der Waals surface area contributed by atoms with Crippen LogP contribution in [0.25, 0.3) is 0 Å². The number of hydrogen-bond donors (Lipinski definition) is 2. The zero-order chi connectivity index (χ0) is 26.3. The SMILES string of the molecule is CCCC1O[C@@H]2CC3[C@@H]4C[C@H](F)C5=CC(=O)C=C[C@]5(C)[C@@]4(F)[C@@H](O)C[C@]3(C)[C@]2(C(=O)COC(=O)O)O1. The van der Waals surface area contributed by atoms with Crippen molar-refractivity contribution in [3.8, 4) is 0 Å². The van der Waals surface area contributed by atoms with E-state index in [-0.39, 0.29) is 24.8 Å². The summed E-state index contributed by atoms with van der Waals surface area (Å²) in [6.07, 6.45) is -1.77. The molecule has 0 radical (unpaired) electrons. The molecule has 0 aromatic rings. The minimum atomic E-state index is -2.30. The van der Waals surface area contributed by atoms with E-state index < -0.39 is 82.9 Å². The van der Waals surface area contributed by atoms with Gasteiger partial charge < -0.3 is 24.4 Å². The highest BCUT2D eigenvalue weighted by molar-refractivity contribution is 6.01. The van der Waals surface area contributed by atoms with Gasteiger partial charge >= 0.3 is 6.16 Å². The van der Waals surface area contributed by atoms with Crippen LogP contribution in [0.4, 0.5) is 13.6 Å². The monoisotopic (exact) mass is 510 g/mol. The van der Waals surface area contributed by atoms with Crippen molar-refractivity contribution < 1.29 is 47.6 Å². The highest BCUT2D eigenvalue weighted by Gasteiger charge is 2.80. The zero-order valence-electron chi connectivity index (χ0n) is 20.5. The molecule has 0 aromatic carbocycles. The van der Waals surface area contributed by atoms with E-state index in [1.807, 2.05) is 6.92 Å². The highest BCUT2D eigenvalue weighted by atomic mass is 19.1. The van der Waals surface area contributed by atoms with Crippen LogP contribution in [0.5, 0.6) is 0 Å². The Labute approximate surface area is 207 Å². The van der Waals surface area contributed by atoms with Gasteiger partial charge in [0.25, 0.3) is 0 Å². The number of fused-ring (bicyclic) bond motifs is 7. The van der Waals surface area contributed by atoms with Crippen LogP contribution < -0.4 is 0 Å². The average Bonchev–Trinajstić information content (AvgIpc) is 3.28. The Morgan fingerprint density at radius 3 is 2.64 bits per heavy atom. The number of carbonyl (C=O) groups excluding carboxylic acids is 2. The Kier molecular flexibility index (Phi) is 5.78. The van der Waals surface area contributed by atoms with Gasteiger partial charge in [-0.25, -0.2) is 13.6 Å². The van der Waals surface area contributed by atoms with Crippen molar-refractivity contribution in [1.29, 1.82) is 0 Å². The third-order valence-corrected chi connectivity index (χ3v) is 9.69. The molecule has 10 atom stereocenters. The minimum Gasteiger partial charge on any atom is -0.450 e. The van der Waals surface area contributed by atoms with E-state index in [0.717, 1.165) is 6.08 Å². The van der Waals surface area contributed by atoms with Crippen LogP contribution in [0.1, 0.15) is 52.9 Å². The van der Waals surface area contributed by atoms with Crippen molar-refractivity contribution in [3.63, 3.8) is 0 Å². The van der Waals surface area contributed by atoms with E-state index in [4.69, 9.17) is 14.6 Å². The van der Waals surface area contributed by atoms with Gasteiger partial charge in [-0.1, -0.05) is 26.3 Å². The minimum absolute atomic E-state index is 0.0192. The molecule has 1 aliphatic heterocycles. The number of aliphatic hydroxyl groups excluding tert-OH is 1. The molecular formula is C26H32F2O8. The predicted molar refractivity (Wildman–Crippen MR) is 120 cm³/mol. The maximum Gasteiger partial charge on any atom is 0.506 e. The molecule has 1 heterocycles. The van der Waals surface area contributed by atoms with Crippen LogP contribution in [-0.4, -0.2) is 70.5 Å². The largest absolute Gasteiger partial charge is 0.506 e. The Bertz CT molecular complexity index is 1060. The molecular weight excluding hydrogens is 478 g/mol. The summed E-state index contributed by atoms with van der Waals surface area (Å²) in [6, 6.07) is 0. The topological polar surface area (TPSA) is 119 Å². The van der Waals surface area contributed by atoms with Gasteiger partial charge in [0.2, 0.25) is 5.78 Å². The summed E-state index contributed by atoms with van der Waals surface area (Å²) in [5.41, 5.74) is -6.67. The number of hydrogen-bond acceptors (Lipinski definition) is 7. The molecule has 8 nitrogen and oxygen atoms in total. The average molecular weight is 511 g/mol. The number of carboxylic acid groups (broad SMARTS) is 1. The summed E-state index contributed by atoms with van der Waals surface area (Å²) >= 11 is 0. The second-order valence-corrected chi connectivity index (χ2v) is 11.3. The molecule has 4 fully saturated rings. The third-order valence-electron chi connectivity index (χ3n) is 9.69. The second kappa shape index (κ2) is 8.16. The van der Waals surface area contributed by atoms with Crippen molar-refractivity contribution >= 4 is 17.7 Å². The first-order valence-corrected chi connectivity index (χ1v) is 12.5. The van der Waals surface area contributed by atoms with Gasteiger partial charge in [0, 0.05) is 16.7 Å². The first-order chi connectivity index (χ1) is 16.8. The number of halogens is 2. The summed E-state index contributed by atoms with van der Waals surface area (Å²) in [6.45, 7) is 4.37. The van der Waals surface area contributed by atoms with Crippen molar-refractivity contribution in [1.82, 2.24) is 0 Å². The van der Waals surface area contributed by atoms with Gasteiger partial charge in [-0.2, -0.15) is 0 Å². The van der Waals surface area contributed by atoms with E-state index in [2.05, 4.69) is 4.74 Å². The Morgan fingerprint density at radius 2 is 1.97 bits per heavy atom. The molecule has 2 N–H and O–H groups in total. The molecule has 198 valence electrons. The number of ketones is 2. The molecule has 5 rings (SSSR count). The van der Waals surface area contributed by atoms with E-state index >= 15 is 8.78 Å². The van der Waals surface area contributed by atoms with Crippen LogP contribution >= 0.6 is 0 Å². The maximum absolute atomic E-state index is 17.3. The number of carbonyl (C=O) groups is 3. The molecule has 3 saturated carbocycles. The highest BCUT2D eigenvalue weighted by Crippen LogP contribution is 2.72. The fraction of sp³-hybridized carbons (Fsp3) is 0.731. The summed E-state index contributed by atoms with van der Waals surface area (Å²) in [7, 11) is 0. The number of ether oxygens (including phenoxy) is 3. The Morgan fingerprint density at radius 1 is 1.25 bits per heavy atom. The van der Waals surface area contributed by atoms with Crippen molar-refractivity contribution in [2.45, 2.75) is 88.8 Å². The summed E-state index contributed by atoms with van der Waals surface area (Å²) in [5.74, 6) is -2.70. The van der Waals surface area contributed by atoms with Crippen LogP contribution in [-0.2, 0) is 23.8 Å². The van der Waals surface area contributed by atoms with E-state index in [9.17, 15) is 19.5 Å². The molecule has 0 bridgehead atoms. The number of aliphatic hydroxyl groups is 1. The smallest absolute Gasteiger partial charge is 0.450 e. The van der Waals surface area contributed by atoms with E-state index in [0.29, 0.717) is 12.8 Å². The number of alkyl halides is 2. The molecule has 0 aromatic heterocycles. The van der Waals surface area contributed by atoms with E-state index in [1.54, 1.807) is 6.92 Å². The van der Waals surface area contributed by atoms with Crippen molar-refractivity contribution in [3.05, 3.63) is 23.8 Å². The lowest BCUT2D eigenvalue weighted by atomic mass is 9.44. The standard InChI is InChI=1S/C26H32F2O8/c1-4-5-21-35-20-10-14-15-9-17(27)16-8-13(29)6-7-23(16,2)25(15,28)18(30)11-24(14,3)26(20,36-21)19(31)12-34-22(32)33/h6-8,14-15,17-18,20-21,30H,4-5,9-12H2,1-3H3,(H,32,33)/t14?,15-,17-,18-,20+,21?,23-,24-,25-,26+/m0/s1. The predicted octanol–water partition coefficient (Wildman–Crippen LogP) is 3.46. The second-order valence-electron chi connectivity index (χ2n) is 11.3. The van der Waals surface area contributed by atoms with Crippen molar-refractivity contribution in [2.24, 2.45) is 22.7 Å². The van der Waals surface area contributed by atoms with Gasteiger partial charge in [-0.3, -0.25) is 9.59 Å². The van der Waals surface area contributed by atoms with Crippen LogP contribution in [0.15, 0.2) is 23.8 Å².